The standard InChI is InChI=1S/C16H23NO3S/c1-12(21-2)10-15(18)17-14(8-9-16(19)20)11-13-6-4-3-5-7-13/h3-7,12,14H,8-11H2,1-2H3,(H,17,18)(H,19,20). The van der Waals surface area contributed by atoms with Gasteiger partial charge in [-0.15, -0.1) is 0 Å². The Bertz CT molecular complexity index is 450. The van der Waals surface area contributed by atoms with Crippen molar-refractivity contribution in [3.63, 3.8) is 0 Å². The van der Waals surface area contributed by atoms with Crippen molar-refractivity contribution < 1.29 is 14.7 Å². The first-order valence-electron chi connectivity index (χ1n) is 7.09. The van der Waals surface area contributed by atoms with Crippen molar-refractivity contribution in [3.8, 4) is 0 Å². The van der Waals surface area contributed by atoms with Gasteiger partial charge in [-0.3, -0.25) is 9.59 Å². The van der Waals surface area contributed by atoms with Crippen LogP contribution in [0.15, 0.2) is 30.3 Å². The van der Waals surface area contributed by atoms with Gasteiger partial charge in [-0.2, -0.15) is 11.8 Å². The largest absolute Gasteiger partial charge is 0.481 e. The van der Waals surface area contributed by atoms with Crippen LogP contribution < -0.4 is 5.32 Å². The van der Waals surface area contributed by atoms with Gasteiger partial charge in [0.2, 0.25) is 5.91 Å². The number of hydrogen-bond acceptors (Lipinski definition) is 3. The number of carboxylic acid groups (broad SMARTS) is 1. The lowest BCUT2D eigenvalue weighted by molar-refractivity contribution is -0.137. The molecule has 1 rings (SSSR count). The molecular formula is C16H23NO3S. The number of benzene rings is 1. The van der Waals surface area contributed by atoms with E-state index in [9.17, 15) is 9.59 Å². The lowest BCUT2D eigenvalue weighted by Crippen LogP contribution is -2.37. The summed E-state index contributed by atoms with van der Waals surface area (Å²) in [5, 5.41) is 12.1. The monoisotopic (exact) mass is 309 g/mol. The second-order valence-electron chi connectivity index (χ2n) is 5.14. The van der Waals surface area contributed by atoms with E-state index in [-0.39, 0.29) is 23.6 Å². The Hall–Kier alpha value is -1.49. The van der Waals surface area contributed by atoms with Crippen LogP contribution in [0.4, 0.5) is 0 Å². The summed E-state index contributed by atoms with van der Waals surface area (Å²) in [6, 6.07) is 9.68. The summed E-state index contributed by atoms with van der Waals surface area (Å²) < 4.78 is 0. The first-order chi connectivity index (χ1) is 10.0. The summed E-state index contributed by atoms with van der Waals surface area (Å²) in [4.78, 5) is 22.7. The smallest absolute Gasteiger partial charge is 0.303 e. The number of amides is 1. The molecule has 2 N–H and O–H groups in total. The lowest BCUT2D eigenvalue weighted by atomic mass is 10.0. The highest BCUT2D eigenvalue weighted by Gasteiger charge is 2.16. The molecule has 2 atom stereocenters. The molecule has 0 aliphatic carbocycles. The number of carbonyl (C=O) groups is 2. The first kappa shape index (κ1) is 17.6. The molecule has 5 heteroatoms. The zero-order valence-corrected chi connectivity index (χ0v) is 13.4. The molecule has 0 radical (unpaired) electrons. The average Bonchev–Trinajstić information content (AvgIpc) is 2.45. The molecule has 0 aromatic heterocycles. The first-order valence-corrected chi connectivity index (χ1v) is 8.38. The van der Waals surface area contributed by atoms with Gasteiger partial charge in [-0.1, -0.05) is 37.3 Å². The minimum atomic E-state index is -0.834. The van der Waals surface area contributed by atoms with Crippen LogP contribution in [0.25, 0.3) is 0 Å². The zero-order valence-electron chi connectivity index (χ0n) is 12.5. The minimum Gasteiger partial charge on any atom is -0.481 e. The van der Waals surface area contributed by atoms with Crippen molar-refractivity contribution in [1.29, 1.82) is 0 Å². The molecule has 4 nitrogen and oxygen atoms in total. The predicted molar refractivity (Wildman–Crippen MR) is 86.5 cm³/mol. The molecule has 0 saturated heterocycles. The Morgan fingerprint density at radius 1 is 1.29 bits per heavy atom. The SMILES string of the molecule is CSC(C)CC(=O)NC(CCC(=O)O)Cc1ccccc1. The fraction of sp³-hybridized carbons (Fsp3) is 0.500. The molecule has 116 valence electrons. The van der Waals surface area contributed by atoms with Crippen LogP contribution in [0.3, 0.4) is 0 Å². The van der Waals surface area contributed by atoms with Crippen molar-refractivity contribution in [3.05, 3.63) is 35.9 Å². The van der Waals surface area contributed by atoms with Crippen LogP contribution in [-0.2, 0) is 16.0 Å². The van der Waals surface area contributed by atoms with E-state index in [1.54, 1.807) is 11.8 Å². The van der Waals surface area contributed by atoms with E-state index in [4.69, 9.17) is 5.11 Å². The second kappa shape index (κ2) is 9.45. The molecule has 0 fully saturated rings. The van der Waals surface area contributed by atoms with Gasteiger partial charge in [-0.25, -0.2) is 0 Å². The highest BCUT2D eigenvalue weighted by Crippen LogP contribution is 2.11. The topological polar surface area (TPSA) is 66.4 Å². The summed E-state index contributed by atoms with van der Waals surface area (Å²) in [7, 11) is 0. The molecule has 0 saturated carbocycles. The summed E-state index contributed by atoms with van der Waals surface area (Å²) in [6.45, 7) is 2.01. The van der Waals surface area contributed by atoms with Crippen LogP contribution >= 0.6 is 11.8 Å². The van der Waals surface area contributed by atoms with Crippen molar-refractivity contribution >= 4 is 23.6 Å². The van der Waals surface area contributed by atoms with Gasteiger partial charge in [0.05, 0.1) is 0 Å². The summed E-state index contributed by atoms with van der Waals surface area (Å²) >= 11 is 1.65. The van der Waals surface area contributed by atoms with Crippen LogP contribution in [0.2, 0.25) is 0 Å². The van der Waals surface area contributed by atoms with E-state index in [0.717, 1.165) is 5.56 Å². The van der Waals surface area contributed by atoms with Crippen molar-refractivity contribution in [2.24, 2.45) is 0 Å². The molecule has 0 bridgehead atoms. The molecule has 0 spiro atoms. The number of aliphatic carboxylic acids is 1. The van der Waals surface area contributed by atoms with E-state index in [2.05, 4.69) is 5.32 Å². The third-order valence-electron chi connectivity index (χ3n) is 3.27. The van der Waals surface area contributed by atoms with E-state index in [0.29, 0.717) is 19.3 Å². The molecule has 21 heavy (non-hydrogen) atoms. The van der Waals surface area contributed by atoms with Gasteiger partial charge in [0, 0.05) is 24.1 Å². The predicted octanol–water partition coefficient (Wildman–Crippen LogP) is 2.72. The van der Waals surface area contributed by atoms with E-state index < -0.39 is 5.97 Å². The van der Waals surface area contributed by atoms with Crippen molar-refractivity contribution in [1.82, 2.24) is 5.32 Å². The maximum absolute atomic E-state index is 12.0. The molecule has 1 aromatic carbocycles. The lowest BCUT2D eigenvalue weighted by Gasteiger charge is -2.19. The quantitative estimate of drug-likeness (QED) is 0.736. The molecule has 0 heterocycles. The molecule has 1 amide bonds. The molecule has 2 unspecified atom stereocenters. The number of thioether (sulfide) groups is 1. The Labute approximate surface area is 130 Å². The third-order valence-corrected chi connectivity index (χ3v) is 4.24. The van der Waals surface area contributed by atoms with Gasteiger partial charge in [-0.05, 0) is 24.7 Å². The number of hydrogen-bond donors (Lipinski definition) is 2. The number of rotatable bonds is 9. The summed E-state index contributed by atoms with van der Waals surface area (Å²) in [6.07, 6.45) is 3.61. The van der Waals surface area contributed by atoms with Gasteiger partial charge >= 0.3 is 5.97 Å². The van der Waals surface area contributed by atoms with Crippen LogP contribution in [0.1, 0.15) is 31.7 Å². The zero-order chi connectivity index (χ0) is 15.7. The second-order valence-corrected chi connectivity index (χ2v) is 6.41. The van der Waals surface area contributed by atoms with Crippen molar-refractivity contribution in [2.45, 2.75) is 43.9 Å². The van der Waals surface area contributed by atoms with E-state index >= 15 is 0 Å². The average molecular weight is 309 g/mol. The van der Waals surface area contributed by atoms with E-state index in [1.807, 2.05) is 43.5 Å². The number of carboxylic acids is 1. The van der Waals surface area contributed by atoms with Gasteiger partial charge < -0.3 is 10.4 Å². The maximum Gasteiger partial charge on any atom is 0.303 e. The highest BCUT2D eigenvalue weighted by atomic mass is 32.2. The van der Waals surface area contributed by atoms with E-state index in [1.165, 1.54) is 0 Å². The van der Waals surface area contributed by atoms with Gasteiger partial charge in [0.25, 0.3) is 0 Å². The van der Waals surface area contributed by atoms with Gasteiger partial charge in [0.1, 0.15) is 0 Å². The Balaban J connectivity index is 2.59. The Morgan fingerprint density at radius 2 is 1.95 bits per heavy atom. The summed E-state index contributed by atoms with van der Waals surface area (Å²) in [5.41, 5.74) is 1.10. The minimum absolute atomic E-state index is 0.0110. The molecular weight excluding hydrogens is 286 g/mol. The number of carbonyl (C=O) groups excluding carboxylic acids is 1. The Kier molecular flexibility index (Phi) is 7.90. The highest BCUT2D eigenvalue weighted by molar-refractivity contribution is 7.99. The van der Waals surface area contributed by atoms with Crippen LogP contribution in [0, 0.1) is 0 Å². The molecule has 1 aromatic rings. The van der Waals surface area contributed by atoms with Gasteiger partial charge in [0.15, 0.2) is 0 Å². The third kappa shape index (κ3) is 7.75. The van der Waals surface area contributed by atoms with Crippen LogP contribution in [-0.4, -0.2) is 34.5 Å². The molecule has 0 aliphatic rings. The fourth-order valence-electron chi connectivity index (χ4n) is 2.05. The fourth-order valence-corrected chi connectivity index (χ4v) is 2.37. The Morgan fingerprint density at radius 3 is 2.52 bits per heavy atom. The van der Waals surface area contributed by atoms with Crippen molar-refractivity contribution in [2.75, 3.05) is 6.26 Å². The van der Waals surface area contributed by atoms with Crippen LogP contribution in [0.5, 0.6) is 0 Å². The normalized spacial score (nSPS) is 13.4. The molecule has 0 aliphatic heterocycles. The maximum atomic E-state index is 12.0. The number of nitrogens with one attached hydrogen (secondary N) is 1. The summed E-state index contributed by atoms with van der Waals surface area (Å²) in [5.74, 6) is -0.844.